The van der Waals surface area contributed by atoms with E-state index in [0.717, 1.165) is 12.1 Å². The molecule has 0 saturated heterocycles. The second-order valence-corrected chi connectivity index (χ2v) is 2.72. The molecule has 0 fully saturated rings. The molecule has 0 aliphatic carbocycles. The Hall–Kier alpha value is -1.53. The lowest BCUT2D eigenvalue weighted by Crippen LogP contribution is -2.17. The number of nitro benzene ring substituents is 1. The number of rotatable bonds is 3. The minimum absolute atomic E-state index is 0.264. The van der Waals surface area contributed by atoms with Crippen molar-refractivity contribution in [2.24, 2.45) is 5.73 Å². The van der Waals surface area contributed by atoms with Gasteiger partial charge in [-0.15, -0.1) is 0 Å². The van der Waals surface area contributed by atoms with Crippen molar-refractivity contribution in [3.8, 4) is 0 Å². The highest BCUT2D eigenvalue weighted by Crippen LogP contribution is 2.25. The molecule has 0 saturated carbocycles. The van der Waals surface area contributed by atoms with Gasteiger partial charge in [0.15, 0.2) is 0 Å². The Balaban J connectivity index is 3.29. The maximum absolute atomic E-state index is 13.2. The first kappa shape index (κ1) is 10.6. The van der Waals surface area contributed by atoms with Crippen LogP contribution >= 0.6 is 0 Å². The summed E-state index contributed by atoms with van der Waals surface area (Å²) in [6, 6.07) is 2.36. The number of hydrogen-bond donors (Lipinski definition) is 2. The molecule has 0 amide bonds. The van der Waals surface area contributed by atoms with Gasteiger partial charge >= 0.3 is 0 Å². The monoisotopic (exact) mass is 200 g/mol. The number of aliphatic hydroxyl groups excluding tert-OH is 1. The van der Waals surface area contributed by atoms with Crippen LogP contribution in [0.15, 0.2) is 18.2 Å². The van der Waals surface area contributed by atoms with Crippen molar-refractivity contribution in [1.82, 2.24) is 0 Å². The van der Waals surface area contributed by atoms with Gasteiger partial charge in [-0.2, -0.15) is 0 Å². The first-order valence-corrected chi connectivity index (χ1v) is 3.87. The molecular weight excluding hydrogens is 191 g/mol. The van der Waals surface area contributed by atoms with Crippen LogP contribution in [0, 0.1) is 15.9 Å². The minimum atomic E-state index is -1.07. The SMILES string of the molecule is N[C@H](CO)c1c(F)cccc1[N+](=O)[O-]. The molecule has 0 spiro atoms. The highest BCUT2D eigenvalue weighted by Gasteiger charge is 2.22. The second kappa shape index (κ2) is 4.12. The molecule has 0 aliphatic heterocycles. The third-order valence-electron chi connectivity index (χ3n) is 1.79. The zero-order valence-electron chi connectivity index (χ0n) is 7.18. The molecule has 0 aromatic heterocycles. The molecular formula is C8H9FN2O3. The van der Waals surface area contributed by atoms with Crippen LogP contribution in [0.3, 0.4) is 0 Å². The molecule has 5 nitrogen and oxygen atoms in total. The summed E-state index contributed by atoms with van der Waals surface area (Å²) in [6.45, 7) is -0.540. The van der Waals surface area contributed by atoms with Crippen LogP contribution in [-0.4, -0.2) is 16.6 Å². The predicted octanol–water partition coefficient (Wildman–Crippen LogP) is 0.726. The molecule has 0 aliphatic rings. The first-order valence-electron chi connectivity index (χ1n) is 3.87. The van der Waals surface area contributed by atoms with E-state index in [4.69, 9.17) is 10.8 Å². The fraction of sp³-hybridized carbons (Fsp3) is 0.250. The number of nitro groups is 1. The van der Waals surface area contributed by atoms with E-state index in [2.05, 4.69) is 0 Å². The van der Waals surface area contributed by atoms with Gasteiger partial charge in [-0.1, -0.05) is 6.07 Å². The summed E-state index contributed by atoms with van der Waals surface area (Å²) >= 11 is 0. The fourth-order valence-corrected chi connectivity index (χ4v) is 1.14. The van der Waals surface area contributed by atoms with Crippen molar-refractivity contribution in [2.45, 2.75) is 6.04 Å². The van der Waals surface area contributed by atoms with E-state index in [-0.39, 0.29) is 5.56 Å². The van der Waals surface area contributed by atoms with Gasteiger partial charge in [0, 0.05) is 6.07 Å². The highest BCUT2D eigenvalue weighted by atomic mass is 19.1. The summed E-state index contributed by atoms with van der Waals surface area (Å²) in [5.74, 6) is -0.777. The Morgan fingerprint density at radius 3 is 2.79 bits per heavy atom. The number of nitrogens with zero attached hydrogens (tertiary/aromatic N) is 1. The Morgan fingerprint density at radius 1 is 1.64 bits per heavy atom. The van der Waals surface area contributed by atoms with E-state index in [9.17, 15) is 14.5 Å². The second-order valence-electron chi connectivity index (χ2n) is 2.72. The van der Waals surface area contributed by atoms with E-state index in [1.165, 1.54) is 6.07 Å². The average Bonchev–Trinajstić information content (AvgIpc) is 2.16. The van der Waals surface area contributed by atoms with E-state index in [0.29, 0.717) is 0 Å². The van der Waals surface area contributed by atoms with Crippen LogP contribution in [-0.2, 0) is 0 Å². The molecule has 14 heavy (non-hydrogen) atoms. The van der Waals surface area contributed by atoms with E-state index < -0.39 is 29.1 Å². The highest BCUT2D eigenvalue weighted by molar-refractivity contribution is 5.43. The van der Waals surface area contributed by atoms with Crippen molar-refractivity contribution in [1.29, 1.82) is 0 Å². The summed E-state index contributed by atoms with van der Waals surface area (Å²) in [5, 5.41) is 19.2. The largest absolute Gasteiger partial charge is 0.394 e. The normalized spacial score (nSPS) is 12.5. The van der Waals surface area contributed by atoms with Crippen LogP contribution in [0.4, 0.5) is 10.1 Å². The van der Waals surface area contributed by atoms with Crippen LogP contribution in [0.5, 0.6) is 0 Å². The van der Waals surface area contributed by atoms with Gasteiger partial charge in [0.1, 0.15) is 5.82 Å². The van der Waals surface area contributed by atoms with Gasteiger partial charge in [0.05, 0.1) is 23.1 Å². The predicted molar refractivity (Wildman–Crippen MR) is 47.1 cm³/mol. The molecule has 0 bridgehead atoms. The summed E-state index contributed by atoms with van der Waals surface area (Å²) in [7, 11) is 0. The van der Waals surface area contributed by atoms with E-state index in [1.807, 2.05) is 0 Å². The third-order valence-corrected chi connectivity index (χ3v) is 1.79. The number of halogens is 1. The topological polar surface area (TPSA) is 89.4 Å². The van der Waals surface area contributed by atoms with Gasteiger partial charge in [-0.05, 0) is 6.07 Å². The zero-order valence-corrected chi connectivity index (χ0v) is 7.18. The van der Waals surface area contributed by atoms with Gasteiger partial charge in [-0.3, -0.25) is 10.1 Å². The van der Waals surface area contributed by atoms with Gasteiger partial charge in [0.25, 0.3) is 5.69 Å². The van der Waals surface area contributed by atoms with E-state index >= 15 is 0 Å². The lowest BCUT2D eigenvalue weighted by molar-refractivity contribution is -0.386. The molecule has 6 heteroatoms. The van der Waals surface area contributed by atoms with Crippen LogP contribution < -0.4 is 5.73 Å². The summed E-state index contributed by atoms with van der Waals surface area (Å²) in [4.78, 5) is 9.77. The summed E-state index contributed by atoms with van der Waals surface area (Å²) in [5.41, 5.74) is 4.66. The number of nitrogens with two attached hydrogens (primary N) is 1. The van der Waals surface area contributed by atoms with Crippen molar-refractivity contribution >= 4 is 5.69 Å². The molecule has 0 heterocycles. The first-order chi connectivity index (χ1) is 6.57. The van der Waals surface area contributed by atoms with Gasteiger partial charge in [0.2, 0.25) is 0 Å². The van der Waals surface area contributed by atoms with Crippen molar-refractivity contribution < 1.29 is 14.4 Å². The van der Waals surface area contributed by atoms with E-state index in [1.54, 1.807) is 0 Å². The maximum atomic E-state index is 13.2. The molecule has 1 rings (SSSR count). The van der Waals surface area contributed by atoms with Crippen molar-refractivity contribution in [3.05, 3.63) is 39.7 Å². The smallest absolute Gasteiger partial charge is 0.277 e. The maximum Gasteiger partial charge on any atom is 0.277 e. The number of benzene rings is 1. The average molecular weight is 200 g/mol. The molecule has 0 unspecified atom stereocenters. The van der Waals surface area contributed by atoms with Crippen molar-refractivity contribution in [2.75, 3.05) is 6.61 Å². The van der Waals surface area contributed by atoms with Crippen molar-refractivity contribution in [3.63, 3.8) is 0 Å². The molecule has 3 N–H and O–H groups in total. The Morgan fingerprint density at radius 2 is 2.29 bits per heavy atom. The van der Waals surface area contributed by atoms with Gasteiger partial charge < -0.3 is 10.8 Å². The lowest BCUT2D eigenvalue weighted by atomic mass is 10.1. The zero-order chi connectivity index (χ0) is 10.7. The van der Waals surface area contributed by atoms with Gasteiger partial charge in [-0.25, -0.2) is 4.39 Å². The molecule has 1 aromatic rings. The summed E-state index contributed by atoms with van der Waals surface area (Å²) in [6.07, 6.45) is 0. The number of aliphatic hydroxyl groups is 1. The standard InChI is InChI=1S/C8H9FN2O3/c9-5-2-1-3-7(11(13)14)8(5)6(10)4-12/h1-3,6,12H,4,10H2/t6-/m1/s1. The molecule has 1 atom stereocenters. The fourth-order valence-electron chi connectivity index (χ4n) is 1.14. The Bertz CT molecular complexity index is 356. The minimum Gasteiger partial charge on any atom is -0.394 e. The molecule has 0 radical (unpaired) electrons. The molecule has 76 valence electrons. The lowest BCUT2D eigenvalue weighted by Gasteiger charge is -2.09. The van der Waals surface area contributed by atoms with Crippen LogP contribution in [0.1, 0.15) is 11.6 Å². The third kappa shape index (κ3) is 1.86. The number of hydrogen-bond acceptors (Lipinski definition) is 4. The summed E-state index contributed by atoms with van der Waals surface area (Å²) < 4.78 is 13.2. The Labute approximate surface area is 79.1 Å². The Kier molecular flexibility index (Phi) is 3.10. The molecule has 1 aromatic carbocycles. The quantitative estimate of drug-likeness (QED) is 0.555. The van der Waals surface area contributed by atoms with Crippen LogP contribution in [0.2, 0.25) is 0 Å². The van der Waals surface area contributed by atoms with Crippen LogP contribution in [0.25, 0.3) is 0 Å².